The van der Waals surface area contributed by atoms with Crippen molar-refractivity contribution in [1.82, 2.24) is 5.32 Å². The van der Waals surface area contributed by atoms with Gasteiger partial charge in [-0.05, 0) is 30.7 Å². The highest BCUT2D eigenvalue weighted by Crippen LogP contribution is 2.35. The predicted molar refractivity (Wildman–Crippen MR) is 56.7 cm³/mol. The van der Waals surface area contributed by atoms with Gasteiger partial charge in [-0.3, -0.25) is 4.79 Å². The van der Waals surface area contributed by atoms with Gasteiger partial charge in [-0.25, -0.2) is 0 Å². The molecular formula is C11H13NOS. The maximum Gasteiger partial charge on any atom is 0.177 e. The molecule has 2 fully saturated rings. The Kier molecular flexibility index (Phi) is 1.96. The van der Waals surface area contributed by atoms with Crippen LogP contribution in [0.15, 0.2) is 17.5 Å². The smallest absolute Gasteiger partial charge is 0.177 e. The van der Waals surface area contributed by atoms with Crippen molar-refractivity contribution < 1.29 is 4.79 Å². The molecular weight excluding hydrogens is 194 g/mol. The lowest BCUT2D eigenvalue weighted by Gasteiger charge is -2.17. The number of ketones is 1. The minimum absolute atomic E-state index is 0.257. The predicted octanol–water partition coefficient (Wildman–Crippen LogP) is 2.07. The fourth-order valence-corrected chi connectivity index (χ4v) is 3.44. The van der Waals surface area contributed by atoms with Gasteiger partial charge < -0.3 is 5.32 Å². The van der Waals surface area contributed by atoms with Crippen LogP contribution in [0.3, 0.4) is 0 Å². The first-order chi connectivity index (χ1) is 6.84. The van der Waals surface area contributed by atoms with E-state index in [0.717, 1.165) is 11.3 Å². The molecule has 0 aliphatic carbocycles. The number of rotatable bonds is 2. The minimum atomic E-state index is 0.257. The van der Waals surface area contributed by atoms with Gasteiger partial charge in [-0.15, -0.1) is 11.3 Å². The van der Waals surface area contributed by atoms with Gasteiger partial charge in [-0.2, -0.15) is 0 Å². The Morgan fingerprint density at radius 3 is 3.00 bits per heavy atom. The summed E-state index contributed by atoms with van der Waals surface area (Å²) in [5.41, 5.74) is 0. The van der Waals surface area contributed by atoms with Crippen LogP contribution in [0.1, 0.15) is 28.9 Å². The molecule has 2 aliphatic rings. The molecule has 1 aromatic heterocycles. The van der Waals surface area contributed by atoms with Crippen molar-refractivity contribution in [1.29, 1.82) is 0 Å². The molecule has 0 radical (unpaired) electrons. The van der Waals surface area contributed by atoms with Crippen LogP contribution in [0, 0.1) is 5.92 Å². The third kappa shape index (κ3) is 1.23. The summed E-state index contributed by atoms with van der Waals surface area (Å²) in [6, 6.07) is 4.99. The van der Waals surface area contributed by atoms with E-state index in [1.54, 1.807) is 11.3 Å². The van der Waals surface area contributed by atoms with E-state index >= 15 is 0 Å². The van der Waals surface area contributed by atoms with Gasteiger partial charge in [0.2, 0.25) is 0 Å². The highest BCUT2D eigenvalue weighted by Gasteiger charge is 2.42. The van der Waals surface area contributed by atoms with Crippen LogP contribution in [0.4, 0.5) is 0 Å². The molecule has 1 aromatic rings. The minimum Gasteiger partial charge on any atom is -0.310 e. The second-order valence-corrected chi connectivity index (χ2v) is 5.18. The molecule has 2 saturated heterocycles. The Hall–Kier alpha value is -0.670. The molecule has 3 rings (SSSR count). The lowest BCUT2D eigenvalue weighted by atomic mass is 9.85. The largest absolute Gasteiger partial charge is 0.310 e. The lowest BCUT2D eigenvalue weighted by molar-refractivity contribution is 0.0905. The number of fused-ring (bicyclic) bond motifs is 2. The Morgan fingerprint density at radius 1 is 1.50 bits per heavy atom. The van der Waals surface area contributed by atoms with Gasteiger partial charge in [0.05, 0.1) is 4.88 Å². The van der Waals surface area contributed by atoms with E-state index in [9.17, 15) is 4.79 Å². The van der Waals surface area contributed by atoms with Gasteiger partial charge in [0.1, 0.15) is 0 Å². The van der Waals surface area contributed by atoms with E-state index in [-0.39, 0.29) is 5.92 Å². The number of thiophene rings is 1. The summed E-state index contributed by atoms with van der Waals surface area (Å²) in [5.74, 6) is 0.618. The molecule has 2 bridgehead atoms. The standard InChI is InChI=1S/C11H13NOS/c13-11(10-2-1-5-14-10)8-6-7-3-4-9(8)12-7/h1-2,5,7-9,12H,3-4,6H2. The molecule has 0 saturated carbocycles. The second kappa shape index (κ2) is 3.17. The van der Waals surface area contributed by atoms with E-state index in [2.05, 4.69) is 5.32 Å². The van der Waals surface area contributed by atoms with E-state index < -0.39 is 0 Å². The van der Waals surface area contributed by atoms with Gasteiger partial charge in [0.25, 0.3) is 0 Å². The fourth-order valence-electron chi connectivity index (χ4n) is 2.72. The van der Waals surface area contributed by atoms with Crippen molar-refractivity contribution in [3.05, 3.63) is 22.4 Å². The number of Topliss-reactive ketones (excluding diaryl/α,β-unsaturated/α-hetero) is 1. The lowest BCUT2D eigenvalue weighted by Crippen LogP contribution is -2.28. The van der Waals surface area contributed by atoms with Crippen molar-refractivity contribution >= 4 is 17.1 Å². The monoisotopic (exact) mass is 207 g/mol. The van der Waals surface area contributed by atoms with Crippen LogP contribution in [0.25, 0.3) is 0 Å². The molecule has 2 nitrogen and oxygen atoms in total. The summed E-state index contributed by atoms with van der Waals surface area (Å²) in [5, 5.41) is 5.48. The summed E-state index contributed by atoms with van der Waals surface area (Å²) in [7, 11) is 0. The first-order valence-corrected chi connectivity index (χ1v) is 6.06. The Bertz CT molecular complexity index is 346. The van der Waals surface area contributed by atoms with E-state index in [1.807, 2.05) is 17.5 Å². The van der Waals surface area contributed by atoms with Crippen molar-refractivity contribution in [2.45, 2.75) is 31.3 Å². The highest BCUT2D eigenvalue weighted by molar-refractivity contribution is 7.12. The summed E-state index contributed by atoms with van der Waals surface area (Å²) < 4.78 is 0. The third-order valence-electron chi connectivity index (χ3n) is 3.40. The summed E-state index contributed by atoms with van der Waals surface area (Å²) in [4.78, 5) is 13.0. The molecule has 2 aliphatic heterocycles. The number of carbonyl (C=O) groups is 1. The van der Waals surface area contributed by atoms with Crippen molar-refractivity contribution in [3.63, 3.8) is 0 Å². The second-order valence-electron chi connectivity index (χ2n) is 4.23. The average Bonchev–Trinajstić information content (AvgIpc) is 2.93. The number of nitrogens with one attached hydrogen (secondary N) is 1. The van der Waals surface area contributed by atoms with E-state index in [1.165, 1.54) is 12.8 Å². The maximum absolute atomic E-state index is 12.1. The molecule has 0 amide bonds. The Labute approximate surface area is 87.3 Å². The first-order valence-electron chi connectivity index (χ1n) is 5.18. The molecule has 3 heteroatoms. The zero-order valence-corrected chi connectivity index (χ0v) is 8.72. The van der Waals surface area contributed by atoms with E-state index in [4.69, 9.17) is 0 Å². The van der Waals surface area contributed by atoms with Gasteiger partial charge in [0.15, 0.2) is 5.78 Å². The summed E-state index contributed by atoms with van der Waals surface area (Å²) >= 11 is 1.57. The third-order valence-corrected chi connectivity index (χ3v) is 4.29. The number of hydrogen-bond acceptors (Lipinski definition) is 3. The Balaban J connectivity index is 1.81. The zero-order chi connectivity index (χ0) is 9.54. The molecule has 3 atom stereocenters. The van der Waals surface area contributed by atoms with Crippen molar-refractivity contribution in [3.8, 4) is 0 Å². The highest BCUT2D eigenvalue weighted by atomic mass is 32.1. The van der Waals surface area contributed by atoms with Gasteiger partial charge in [-0.1, -0.05) is 6.07 Å². The van der Waals surface area contributed by atoms with Crippen molar-refractivity contribution in [2.75, 3.05) is 0 Å². The molecule has 1 N–H and O–H groups in total. The van der Waals surface area contributed by atoms with Crippen LogP contribution < -0.4 is 5.32 Å². The molecule has 0 spiro atoms. The van der Waals surface area contributed by atoms with Gasteiger partial charge >= 0.3 is 0 Å². The topological polar surface area (TPSA) is 29.1 Å². The molecule has 3 heterocycles. The van der Waals surface area contributed by atoms with Crippen LogP contribution in [-0.4, -0.2) is 17.9 Å². The van der Waals surface area contributed by atoms with Crippen LogP contribution in [-0.2, 0) is 0 Å². The summed E-state index contributed by atoms with van der Waals surface area (Å²) in [6.45, 7) is 0. The first kappa shape index (κ1) is 8.62. The van der Waals surface area contributed by atoms with Crippen LogP contribution in [0.5, 0.6) is 0 Å². The molecule has 3 unspecified atom stereocenters. The molecule has 14 heavy (non-hydrogen) atoms. The van der Waals surface area contributed by atoms with Gasteiger partial charge in [0, 0.05) is 18.0 Å². The van der Waals surface area contributed by atoms with Crippen LogP contribution >= 0.6 is 11.3 Å². The quantitative estimate of drug-likeness (QED) is 0.752. The normalized spacial score (nSPS) is 35.0. The van der Waals surface area contributed by atoms with E-state index in [0.29, 0.717) is 17.9 Å². The molecule has 0 aromatic carbocycles. The average molecular weight is 207 g/mol. The zero-order valence-electron chi connectivity index (χ0n) is 7.90. The van der Waals surface area contributed by atoms with Crippen molar-refractivity contribution in [2.24, 2.45) is 5.92 Å². The SMILES string of the molecule is O=C(c1cccs1)C1CC2CCC1N2. The summed E-state index contributed by atoms with van der Waals surface area (Å²) in [6.07, 6.45) is 3.51. The maximum atomic E-state index is 12.1. The fraction of sp³-hybridized carbons (Fsp3) is 0.545. The molecule has 74 valence electrons. The van der Waals surface area contributed by atoms with Crippen LogP contribution in [0.2, 0.25) is 0 Å². The number of hydrogen-bond donors (Lipinski definition) is 1. The number of carbonyl (C=O) groups excluding carboxylic acids is 1. The Morgan fingerprint density at radius 2 is 2.43 bits per heavy atom.